The zero-order chi connectivity index (χ0) is 18.8. The number of hydrogen-bond donors (Lipinski definition) is 3. The number of amidine groups is 1. The molecule has 4 N–H and O–H groups in total. The Morgan fingerprint density at radius 2 is 1.59 bits per heavy atom. The minimum Gasteiger partial charge on any atom is -0.436 e. The van der Waals surface area contributed by atoms with Crippen LogP contribution >= 0.6 is 0 Å². The first kappa shape index (κ1) is 16.7. The first-order chi connectivity index (χ1) is 13.2. The number of rotatable bonds is 3. The van der Waals surface area contributed by atoms with E-state index in [2.05, 4.69) is 10.5 Å². The predicted octanol–water partition coefficient (Wildman–Crippen LogP) is 4.10. The lowest BCUT2D eigenvalue weighted by Gasteiger charge is -2.16. The van der Waals surface area contributed by atoms with Crippen molar-refractivity contribution in [2.45, 2.75) is 6.10 Å². The smallest absolute Gasteiger partial charge is 0.412 e. The summed E-state index contributed by atoms with van der Waals surface area (Å²) in [7, 11) is 0. The molecule has 0 spiro atoms. The predicted molar refractivity (Wildman–Crippen MR) is 103 cm³/mol. The molecule has 0 fully saturated rings. The van der Waals surface area contributed by atoms with Gasteiger partial charge in [0.2, 0.25) is 0 Å². The Bertz CT molecular complexity index is 1000. The topological polar surface area (TPSA) is 96.9 Å². The monoisotopic (exact) mass is 359 g/mol. The molecule has 4 rings (SSSR count). The molecule has 1 aliphatic rings. The van der Waals surface area contributed by atoms with Crippen LogP contribution in [0.5, 0.6) is 0 Å². The largest absolute Gasteiger partial charge is 0.436 e. The number of amides is 1. The molecule has 0 saturated carbocycles. The Labute approximate surface area is 155 Å². The van der Waals surface area contributed by atoms with Gasteiger partial charge < -0.3 is 15.7 Å². The molecule has 6 nitrogen and oxygen atoms in total. The van der Waals surface area contributed by atoms with Gasteiger partial charge >= 0.3 is 6.09 Å². The summed E-state index contributed by atoms with van der Waals surface area (Å²) in [6, 6.07) is 22.5. The highest BCUT2D eigenvalue weighted by atomic mass is 16.6. The molecule has 27 heavy (non-hydrogen) atoms. The van der Waals surface area contributed by atoms with Gasteiger partial charge in [0, 0.05) is 22.4 Å². The molecule has 134 valence electrons. The van der Waals surface area contributed by atoms with Crippen LogP contribution < -0.4 is 11.1 Å². The Kier molecular flexibility index (Phi) is 4.22. The van der Waals surface area contributed by atoms with E-state index in [1.165, 1.54) is 0 Å². The number of benzene rings is 3. The van der Waals surface area contributed by atoms with Crippen LogP contribution in [0.4, 0.5) is 10.5 Å². The number of oxime groups is 1. The number of hydrogen-bond acceptors (Lipinski definition) is 4. The van der Waals surface area contributed by atoms with Crippen molar-refractivity contribution in [2.75, 3.05) is 5.32 Å². The first-order valence-electron chi connectivity index (χ1n) is 8.41. The summed E-state index contributed by atoms with van der Waals surface area (Å²) in [5.74, 6) is -0.0364. The van der Waals surface area contributed by atoms with E-state index in [1.54, 1.807) is 24.3 Å². The highest BCUT2D eigenvalue weighted by Gasteiger charge is 2.31. The van der Waals surface area contributed by atoms with Crippen molar-refractivity contribution in [3.05, 3.63) is 89.5 Å². The maximum Gasteiger partial charge on any atom is 0.412 e. The van der Waals surface area contributed by atoms with E-state index in [0.29, 0.717) is 11.3 Å². The molecule has 0 saturated heterocycles. The van der Waals surface area contributed by atoms with Crippen LogP contribution in [-0.4, -0.2) is 17.1 Å². The highest BCUT2D eigenvalue weighted by Crippen LogP contribution is 2.45. The molecule has 1 aliphatic carbocycles. The van der Waals surface area contributed by atoms with Crippen molar-refractivity contribution >= 4 is 17.6 Å². The number of fused-ring (bicyclic) bond motifs is 3. The lowest BCUT2D eigenvalue weighted by molar-refractivity contribution is 0.133. The molecular weight excluding hydrogens is 342 g/mol. The van der Waals surface area contributed by atoms with Crippen LogP contribution in [0.1, 0.15) is 22.8 Å². The van der Waals surface area contributed by atoms with Gasteiger partial charge in [-0.25, -0.2) is 4.79 Å². The molecule has 3 aromatic carbocycles. The number of ether oxygens (including phenoxy) is 1. The van der Waals surface area contributed by atoms with E-state index < -0.39 is 12.2 Å². The van der Waals surface area contributed by atoms with Gasteiger partial charge in [0.15, 0.2) is 11.9 Å². The third-order valence-corrected chi connectivity index (χ3v) is 4.51. The quantitative estimate of drug-likeness (QED) is 0.284. The van der Waals surface area contributed by atoms with E-state index in [-0.39, 0.29) is 5.84 Å². The maximum atomic E-state index is 12.5. The first-order valence-corrected chi connectivity index (χ1v) is 8.41. The highest BCUT2D eigenvalue weighted by molar-refractivity contribution is 5.98. The van der Waals surface area contributed by atoms with Gasteiger partial charge in [-0.1, -0.05) is 65.8 Å². The second-order valence-corrected chi connectivity index (χ2v) is 6.15. The summed E-state index contributed by atoms with van der Waals surface area (Å²) in [4.78, 5) is 12.5. The van der Waals surface area contributed by atoms with Crippen molar-refractivity contribution in [1.82, 2.24) is 0 Å². The molecule has 0 aromatic heterocycles. The van der Waals surface area contributed by atoms with Crippen molar-refractivity contribution in [3.63, 3.8) is 0 Å². The molecule has 0 bridgehead atoms. The third kappa shape index (κ3) is 3.08. The Morgan fingerprint density at radius 1 is 0.963 bits per heavy atom. The SMILES string of the molecule is N/C(=N/O)c1cccc(NC(=O)OC2c3ccccc3-c3ccccc32)c1. The minimum atomic E-state index is -0.580. The standard InChI is InChI=1S/C21H17N3O3/c22-20(24-26)13-6-5-7-14(12-13)23-21(25)27-19-17-10-3-1-8-15(17)16-9-2-4-11-18(16)19/h1-12,19,26H,(H2,22,24)(H,23,25). The summed E-state index contributed by atoms with van der Waals surface area (Å²) in [6.45, 7) is 0. The van der Waals surface area contributed by atoms with E-state index >= 15 is 0 Å². The second kappa shape index (κ2) is 6.84. The van der Waals surface area contributed by atoms with Gasteiger partial charge in [0.1, 0.15) is 0 Å². The summed E-state index contributed by atoms with van der Waals surface area (Å²) in [5.41, 5.74) is 10.6. The average Bonchev–Trinajstić information content (AvgIpc) is 3.02. The molecule has 0 aliphatic heterocycles. The fourth-order valence-electron chi connectivity index (χ4n) is 3.30. The van der Waals surface area contributed by atoms with Gasteiger partial charge in [0.05, 0.1) is 0 Å². The zero-order valence-electron chi connectivity index (χ0n) is 14.3. The van der Waals surface area contributed by atoms with Gasteiger partial charge in [-0.2, -0.15) is 0 Å². The molecular formula is C21H17N3O3. The summed E-state index contributed by atoms with van der Waals surface area (Å²) in [6.07, 6.45) is -1.05. The van der Waals surface area contributed by atoms with E-state index in [1.807, 2.05) is 48.5 Å². The molecule has 0 atom stereocenters. The van der Waals surface area contributed by atoms with Gasteiger partial charge in [-0.15, -0.1) is 0 Å². The zero-order valence-corrected chi connectivity index (χ0v) is 14.3. The van der Waals surface area contributed by atoms with Crippen LogP contribution in [0.15, 0.2) is 78.0 Å². The molecule has 1 amide bonds. The van der Waals surface area contributed by atoms with Crippen molar-refractivity contribution in [1.29, 1.82) is 0 Å². The van der Waals surface area contributed by atoms with Crippen LogP contribution in [0.25, 0.3) is 11.1 Å². The summed E-state index contributed by atoms with van der Waals surface area (Å²) >= 11 is 0. The van der Waals surface area contributed by atoms with Gasteiger partial charge in [0.25, 0.3) is 0 Å². The number of nitrogens with zero attached hydrogens (tertiary/aromatic N) is 1. The van der Waals surface area contributed by atoms with E-state index in [9.17, 15) is 4.79 Å². The van der Waals surface area contributed by atoms with Gasteiger partial charge in [-0.3, -0.25) is 5.32 Å². The lowest BCUT2D eigenvalue weighted by atomic mass is 10.1. The van der Waals surface area contributed by atoms with Crippen LogP contribution in [-0.2, 0) is 4.74 Å². The third-order valence-electron chi connectivity index (χ3n) is 4.51. The molecule has 6 heteroatoms. The van der Waals surface area contributed by atoms with Crippen LogP contribution in [0.3, 0.4) is 0 Å². The van der Waals surface area contributed by atoms with Crippen molar-refractivity contribution in [3.8, 4) is 11.1 Å². The fourth-order valence-corrected chi connectivity index (χ4v) is 3.30. The summed E-state index contributed by atoms with van der Waals surface area (Å²) in [5, 5.41) is 14.4. The number of carbonyl (C=O) groups is 1. The van der Waals surface area contributed by atoms with Gasteiger partial charge in [-0.05, 0) is 23.3 Å². The Hall–Kier alpha value is -3.80. The number of nitrogens with one attached hydrogen (secondary N) is 1. The van der Waals surface area contributed by atoms with Crippen LogP contribution in [0, 0.1) is 0 Å². The fraction of sp³-hybridized carbons (Fsp3) is 0.0476. The van der Waals surface area contributed by atoms with Crippen molar-refractivity contribution < 1.29 is 14.7 Å². The normalized spacial score (nSPS) is 13.0. The number of nitrogens with two attached hydrogens (primary N) is 1. The minimum absolute atomic E-state index is 0.0364. The van der Waals surface area contributed by atoms with Crippen LogP contribution in [0.2, 0.25) is 0 Å². The number of carbonyl (C=O) groups excluding carboxylic acids is 1. The molecule has 0 unspecified atom stereocenters. The molecule has 0 heterocycles. The maximum absolute atomic E-state index is 12.5. The summed E-state index contributed by atoms with van der Waals surface area (Å²) < 4.78 is 5.73. The Morgan fingerprint density at radius 3 is 2.22 bits per heavy atom. The second-order valence-electron chi connectivity index (χ2n) is 6.15. The number of anilines is 1. The Balaban J connectivity index is 1.57. The van der Waals surface area contributed by atoms with Crippen molar-refractivity contribution in [2.24, 2.45) is 10.9 Å². The molecule has 0 radical (unpaired) electrons. The van der Waals surface area contributed by atoms with E-state index in [4.69, 9.17) is 15.7 Å². The lowest BCUT2D eigenvalue weighted by Crippen LogP contribution is -2.18. The van der Waals surface area contributed by atoms with E-state index in [0.717, 1.165) is 22.3 Å². The molecule has 3 aromatic rings. The average molecular weight is 359 g/mol.